The number of benzene rings is 1. The highest BCUT2D eigenvalue weighted by atomic mass is 79.9. The molecule has 0 fully saturated rings. The van der Waals surface area contributed by atoms with Crippen LogP contribution < -0.4 is 4.74 Å². The SMILES string of the molecule is COc1ccc(Br)cc1C(O)CCCO. The maximum Gasteiger partial charge on any atom is 0.124 e. The average Bonchev–Trinajstić information content (AvgIpc) is 2.25. The van der Waals surface area contributed by atoms with E-state index in [0.717, 1.165) is 10.0 Å². The molecule has 2 N–H and O–H groups in total. The molecule has 1 aromatic carbocycles. The first-order valence-corrected chi connectivity index (χ1v) is 5.60. The molecular formula is C11H15BrO3. The Bertz CT molecular complexity index is 315. The van der Waals surface area contributed by atoms with Gasteiger partial charge in [0.05, 0.1) is 13.2 Å². The van der Waals surface area contributed by atoms with E-state index >= 15 is 0 Å². The molecule has 84 valence electrons. The number of methoxy groups -OCH3 is 1. The van der Waals surface area contributed by atoms with Crippen LogP contribution in [-0.2, 0) is 0 Å². The summed E-state index contributed by atoms with van der Waals surface area (Å²) >= 11 is 3.35. The van der Waals surface area contributed by atoms with Gasteiger partial charge in [0.15, 0.2) is 0 Å². The molecule has 4 heteroatoms. The molecule has 0 aliphatic heterocycles. The largest absolute Gasteiger partial charge is 0.496 e. The van der Waals surface area contributed by atoms with Crippen LogP contribution in [0.3, 0.4) is 0 Å². The second-order valence-electron chi connectivity index (χ2n) is 3.27. The number of aliphatic hydroxyl groups excluding tert-OH is 2. The summed E-state index contributed by atoms with van der Waals surface area (Å²) in [5.41, 5.74) is 0.750. The Kier molecular flexibility index (Phi) is 5.08. The highest BCUT2D eigenvalue weighted by molar-refractivity contribution is 9.10. The summed E-state index contributed by atoms with van der Waals surface area (Å²) in [4.78, 5) is 0. The highest BCUT2D eigenvalue weighted by Crippen LogP contribution is 2.30. The third-order valence-corrected chi connectivity index (χ3v) is 2.68. The van der Waals surface area contributed by atoms with Gasteiger partial charge in [0.1, 0.15) is 5.75 Å². The van der Waals surface area contributed by atoms with Gasteiger partial charge in [0, 0.05) is 16.6 Å². The first kappa shape index (κ1) is 12.5. The fourth-order valence-electron chi connectivity index (χ4n) is 1.41. The van der Waals surface area contributed by atoms with Gasteiger partial charge in [0.25, 0.3) is 0 Å². The Morgan fingerprint density at radius 1 is 1.47 bits per heavy atom. The monoisotopic (exact) mass is 274 g/mol. The molecule has 0 saturated heterocycles. The minimum Gasteiger partial charge on any atom is -0.496 e. The standard InChI is InChI=1S/C11H15BrO3/c1-15-11-5-4-8(12)7-9(11)10(14)3-2-6-13/h4-5,7,10,13-14H,2-3,6H2,1H3. The van der Waals surface area contributed by atoms with Crippen LogP contribution in [0.2, 0.25) is 0 Å². The Hall–Kier alpha value is -0.580. The normalized spacial score (nSPS) is 12.5. The summed E-state index contributed by atoms with van der Waals surface area (Å²) in [5.74, 6) is 0.670. The molecule has 0 aliphatic carbocycles. The molecule has 0 amide bonds. The van der Waals surface area contributed by atoms with Gasteiger partial charge in [0.2, 0.25) is 0 Å². The summed E-state index contributed by atoms with van der Waals surface area (Å²) in [6, 6.07) is 5.50. The predicted octanol–water partition coefficient (Wildman–Crippen LogP) is 2.26. The van der Waals surface area contributed by atoms with Gasteiger partial charge in [-0.1, -0.05) is 15.9 Å². The zero-order valence-electron chi connectivity index (χ0n) is 8.61. The van der Waals surface area contributed by atoms with E-state index in [1.165, 1.54) is 0 Å². The summed E-state index contributed by atoms with van der Waals surface area (Å²) < 4.78 is 6.06. The first-order chi connectivity index (χ1) is 7.19. The molecule has 0 bridgehead atoms. The number of ether oxygens (including phenoxy) is 1. The Morgan fingerprint density at radius 2 is 2.20 bits per heavy atom. The van der Waals surface area contributed by atoms with Gasteiger partial charge in [-0.2, -0.15) is 0 Å². The van der Waals surface area contributed by atoms with E-state index in [1.54, 1.807) is 7.11 Å². The Balaban J connectivity index is 2.85. The molecule has 1 aromatic rings. The third kappa shape index (κ3) is 3.48. The van der Waals surface area contributed by atoms with Crippen molar-refractivity contribution in [2.45, 2.75) is 18.9 Å². The maximum absolute atomic E-state index is 9.88. The lowest BCUT2D eigenvalue weighted by Crippen LogP contribution is -2.01. The molecule has 0 spiro atoms. The van der Waals surface area contributed by atoms with Gasteiger partial charge in [-0.25, -0.2) is 0 Å². The van der Waals surface area contributed by atoms with E-state index in [-0.39, 0.29) is 6.61 Å². The summed E-state index contributed by atoms with van der Waals surface area (Å²) in [6.45, 7) is 0.0907. The van der Waals surface area contributed by atoms with Crippen molar-refractivity contribution in [3.63, 3.8) is 0 Å². The molecule has 0 saturated carbocycles. The molecule has 0 aromatic heterocycles. The minimum absolute atomic E-state index is 0.0907. The number of halogens is 1. The lowest BCUT2D eigenvalue weighted by molar-refractivity contribution is 0.148. The lowest BCUT2D eigenvalue weighted by atomic mass is 10.0. The molecule has 1 atom stereocenters. The summed E-state index contributed by atoms with van der Waals surface area (Å²) in [7, 11) is 1.57. The van der Waals surface area contributed by atoms with Crippen molar-refractivity contribution in [1.82, 2.24) is 0 Å². The van der Waals surface area contributed by atoms with E-state index in [0.29, 0.717) is 18.6 Å². The predicted molar refractivity (Wildman–Crippen MR) is 62.0 cm³/mol. The topological polar surface area (TPSA) is 49.7 Å². The number of hydrogen-bond acceptors (Lipinski definition) is 3. The maximum atomic E-state index is 9.88. The number of aliphatic hydroxyl groups is 2. The zero-order chi connectivity index (χ0) is 11.3. The van der Waals surface area contributed by atoms with Crippen LogP contribution in [0.25, 0.3) is 0 Å². The average molecular weight is 275 g/mol. The van der Waals surface area contributed by atoms with Crippen LogP contribution in [0, 0.1) is 0 Å². The van der Waals surface area contributed by atoms with Crippen molar-refractivity contribution in [1.29, 1.82) is 0 Å². The van der Waals surface area contributed by atoms with Crippen LogP contribution in [0.1, 0.15) is 24.5 Å². The molecule has 0 radical (unpaired) electrons. The van der Waals surface area contributed by atoms with Crippen LogP contribution in [0.15, 0.2) is 22.7 Å². The van der Waals surface area contributed by atoms with Crippen LogP contribution in [-0.4, -0.2) is 23.9 Å². The number of hydrogen-bond donors (Lipinski definition) is 2. The Labute approximate surface area is 97.8 Å². The highest BCUT2D eigenvalue weighted by Gasteiger charge is 2.13. The smallest absolute Gasteiger partial charge is 0.124 e. The summed E-state index contributed by atoms with van der Waals surface area (Å²) in [6.07, 6.45) is 0.518. The molecule has 1 rings (SSSR count). The second-order valence-corrected chi connectivity index (χ2v) is 4.18. The van der Waals surface area contributed by atoms with Gasteiger partial charge in [-0.05, 0) is 31.0 Å². The van der Waals surface area contributed by atoms with E-state index < -0.39 is 6.10 Å². The van der Waals surface area contributed by atoms with E-state index in [9.17, 15) is 5.11 Å². The molecule has 0 aliphatic rings. The fraction of sp³-hybridized carbons (Fsp3) is 0.455. The van der Waals surface area contributed by atoms with Crippen LogP contribution >= 0.6 is 15.9 Å². The van der Waals surface area contributed by atoms with E-state index in [2.05, 4.69) is 15.9 Å². The third-order valence-electron chi connectivity index (χ3n) is 2.19. The van der Waals surface area contributed by atoms with Gasteiger partial charge in [-0.3, -0.25) is 0 Å². The molecule has 15 heavy (non-hydrogen) atoms. The van der Waals surface area contributed by atoms with Crippen molar-refractivity contribution in [3.05, 3.63) is 28.2 Å². The van der Waals surface area contributed by atoms with Crippen LogP contribution in [0.4, 0.5) is 0 Å². The van der Waals surface area contributed by atoms with Crippen molar-refractivity contribution in [2.24, 2.45) is 0 Å². The van der Waals surface area contributed by atoms with E-state index in [1.807, 2.05) is 18.2 Å². The molecule has 0 heterocycles. The quantitative estimate of drug-likeness (QED) is 0.866. The van der Waals surface area contributed by atoms with Gasteiger partial charge < -0.3 is 14.9 Å². The zero-order valence-corrected chi connectivity index (χ0v) is 10.2. The summed E-state index contributed by atoms with van der Waals surface area (Å²) in [5, 5.41) is 18.6. The van der Waals surface area contributed by atoms with Crippen LogP contribution in [0.5, 0.6) is 5.75 Å². The second kappa shape index (κ2) is 6.10. The molecular weight excluding hydrogens is 260 g/mol. The molecule has 1 unspecified atom stereocenters. The molecule has 3 nitrogen and oxygen atoms in total. The van der Waals surface area contributed by atoms with Crippen molar-refractivity contribution in [2.75, 3.05) is 13.7 Å². The van der Waals surface area contributed by atoms with Crippen molar-refractivity contribution < 1.29 is 14.9 Å². The van der Waals surface area contributed by atoms with Gasteiger partial charge >= 0.3 is 0 Å². The first-order valence-electron chi connectivity index (χ1n) is 4.81. The Morgan fingerprint density at radius 3 is 2.80 bits per heavy atom. The fourth-order valence-corrected chi connectivity index (χ4v) is 1.78. The van der Waals surface area contributed by atoms with Crippen molar-refractivity contribution >= 4 is 15.9 Å². The minimum atomic E-state index is -0.593. The van der Waals surface area contributed by atoms with Gasteiger partial charge in [-0.15, -0.1) is 0 Å². The van der Waals surface area contributed by atoms with E-state index in [4.69, 9.17) is 9.84 Å². The van der Waals surface area contributed by atoms with Crippen molar-refractivity contribution in [3.8, 4) is 5.75 Å². The number of rotatable bonds is 5. The lowest BCUT2D eigenvalue weighted by Gasteiger charge is -2.14.